The van der Waals surface area contributed by atoms with E-state index in [1.807, 2.05) is 6.92 Å². The van der Waals surface area contributed by atoms with Crippen molar-refractivity contribution in [2.24, 2.45) is 0 Å². The molecule has 2 rings (SSSR count). The van der Waals surface area contributed by atoms with E-state index in [2.05, 4.69) is 33.2 Å². The first-order chi connectivity index (χ1) is 9.72. The summed E-state index contributed by atoms with van der Waals surface area (Å²) in [7, 11) is 0. The van der Waals surface area contributed by atoms with Crippen molar-refractivity contribution in [1.29, 1.82) is 5.26 Å². The Balaban J connectivity index is 2.15. The van der Waals surface area contributed by atoms with Crippen molar-refractivity contribution in [3.8, 4) is 6.07 Å². The van der Waals surface area contributed by atoms with E-state index in [0.29, 0.717) is 17.7 Å². The highest BCUT2D eigenvalue weighted by atomic mass is 15.3. The number of anilines is 1. The van der Waals surface area contributed by atoms with Crippen LogP contribution in [-0.4, -0.2) is 35.6 Å². The molecule has 1 saturated heterocycles. The van der Waals surface area contributed by atoms with Crippen molar-refractivity contribution < 1.29 is 0 Å². The normalized spacial score (nSPS) is 17.9. The maximum atomic E-state index is 9.06. The monoisotopic (exact) mass is 273 g/mol. The van der Waals surface area contributed by atoms with Crippen LogP contribution >= 0.6 is 0 Å². The van der Waals surface area contributed by atoms with Crippen LogP contribution in [0.3, 0.4) is 0 Å². The SMILES string of the molecule is CCCCN(CC1CCCN1)c1nc(C)cc(C#N)n1. The summed E-state index contributed by atoms with van der Waals surface area (Å²) in [6.45, 7) is 7.07. The lowest BCUT2D eigenvalue weighted by Crippen LogP contribution is -2.39. The van der Waals surface area contributed by atoms with Crippen LogP contribution in [0.15, 0.2) is 6.07 Å². The summed E-state index contributed by atoms with van der Waals surface area (Å²) in [5.41, 5.74) is 1.31. The molecule has 1 aliphatic heterocycles. The number of hydrogen-bond acceptors (Lipinski definition) is 5. The first-order valence-electron chi connectivity index (χ1n) is 7.47. The van der Waals surface area contributed by atoms with E-state index in [1.165, 1.54) is 12.8 Å². The average Bonchev–Trinajstić information content (AvgIpc) is 2.95. The Bertz CT molecular complexity index is 474. The fraction of sp³-hybridized carbons (Fsp3) is 0.667. The smallest absolute Gasteiger partial charge is 0.226 e. The maximum absolute atomic E-state index is 9.06. The standard InChI is InChI=1S/C15H23N5/c1-3-4-8-20(11-13-6-5-7-17-13)15-18-12(2)9-14(10-16)19-15/h9,13,17H,3-8,11H2,1-2H3. The number of rotatable bonds is 6. The Labute approximate surface area is 121 Å². The van der Waals surface area contributed by atoms with Gasteiger partial charge in [0, 0.05) is 24.8 Å². The molecule has 1 unspecified atom stereocenters. The number of nitriles is 1. The first-order valence-corrected chi connectivity index (χ1v) is 7.47. The summed E-state index contributed by atoms with van der Waals surface area (Å²) < 4.78 is 0. The zero-order valence-electron chi connectivity index (χ0n) is 12.4. The minimum Gasteiger partial charge on any atom is -0.339 e. The van der Waals surface area contributed by atoms with E-state index < -0.39 is 0 Å². The van der Waals surface area contributed by atoms with Crippen LogP contribution in [0, 0.1) is 18.3 Å². The minimum absolute atomic E-state index is 0.452. The largest absolute Gasteiger partial charge is 0.339 e. The molecule has 0 aliphatic carbocycles. The summed E-state index contributed by atoms with van der Waals surface area (Å²) in [5, 5.41) is 12.6. The molecule has 0 radical (unpaired) electrons. The van der Waals surface area contributed by atoms with Gasteiger partial charge in [0.25, 0.3) is 0 Å². The van der Waals surface area contributed by atoms with Crippen LogP contribution in [0.1, 0.15) is 44.0 Å². The van der Waals surface area contributed by atoms with Gasteiger partial charge in [0.05, 0.1) is 0 Å². The fourth-order valence-corrected chi connectivity index (χ4v) is 2.55. The van der Waals surface area contributed by atoms with Crippen LogP contribution in [0.5, 0.6) is 0 Å². The molecule has 1 fully saturated rings. The third kappa shape index (κ3) is 3.91. The molecule has 0 aromatic carbocycles. The minimum atomic E-state index is 0.452. The van der Waals surface area contributed by atoms with Gasteiger partial charge in [0.15, 0.2) is 0 Å². The molecule has 2 heterocycles. The van der Waals surface area contributed by atoms with Gasteiger partial charge in [-0.3, -0.25) is 0 Å². The van der Waals surface area contributed by atoms with Gasteiger partial charge in [-0.25, -0.2) is 9.97 Å². The topological polar surface area (TPSA) is 64.8 Å². The van der Waals surface area contributed by atoms with Gasteiger partial charge in [-0.2, -0.15) is 5.26 Å². The molecule has 1 atom stereocenters. The lowest BCUT2D eigenvalue weighted by Gasteiger charge is -2.26. The Morgan fingerprint density at radius 2 is 2.35 bits per heavy atom. The van der Waals surface area contributed by atoms with Gasteiger partial charge in [0.1, 0.15) is 11.8 Å². The Morgan fingerprint density at radius 3 is 3.00 bits per heavy atom. The van der Waals surface area contributed by atoms with Gasteiger partial charge in [-0.15, -0.1) is 0 Å². The van der Waals surface area contributed by atoms with E-state index in [4.69, 9.17) is 5.26 Å². The highest BCUT2D eigenvalue weighted by Crippen LogP contribution is 2.15. The first kappa shape index (κ1) is 14.7. The van der Waals surface area contributed by atoms with Crippen molar-refractivity contribution in [1.82, 2.24) is 15.3 Å². The van der Waals surface area contributed by atoms with E-state index >= 15 is 0 Å². The average molecular weight is 273 g/mol. The van der Waals surface area contributed by atoms with Crippen molar-refractivity contribution in [3.05, 3.63) is 17.5 Å². The molecule has 0 spiro atoms. The lowest BCUT2D eigenvalue weighted by molar-refractivity contribution is 0.564. The molecule has 1 N–H and O–H groups in total. The van der Waals surface area contributed by atoms with Crippen molar-refractivity contribution in [2.45, 2.75) is 45.6 Å². The molecule has 0 amide bonds. The maximum Gasteiger partial charge on any atom is 0.226 e. The zero-order chi connectivity index (χ0) is 14.4. The Morgan fingerprint density at radius 1 is 1.50 bits per heavy atom. The van der Waals surface area contributed by atoms with Crippen LogP contribution in [-0.2, 0) is 0 Å². The van der Waals surface area contributed by atoms with Gasteiger partial charge >= 0.3 is 0 Å². The molecular formula is C15H23N5. The summed E-state index contributed by atoms with van der Waals surface area (Å²) in [6, 6.07) is 4.37. The summed E-state index contributed by atoms with van der Waals surface area (Å²) >= 11 is 0. The second-order valence-electron chi connectivity index (χ2n) is 5.40. The number of aromatic nitrogens is 2. The number of unbranched alkanes of at least 4 members (excludes halogenated alkanes) is 1. The molecule has 5 heteroatoms. The molecule has 5 nitrogen and oxygen atoms in total. The predicted octanol–water partition coefficient (Wildman–Crippen LogP) is 2.02. The summed E-state index contributed by atoms with van der Waals surface area (Å²) in [6.07, 6.45) is 4.71. The number of nitrogens with zero attached hydrogens (tertiary/aromatic N) is 4. The van der Waals surface area contributed by atoms with E-state index in [-0.39, 0.29) is 0 Å². The van der Waals surface area contributed by atoms with E-state index in [1.54, 1.807) is 6.07 Å². The zero-order valence-corrected chi connectivity index (χ0v) is 12.4. The molecule has 0 bridgehead atoms. The Kier molecular flexibility index (Phi) is 5.31. The molecular weight excluding hydrogens is 250 g/mol. The van der Waals surface area contributed by atoms with Crippen LogP contribution < -0.4 is 10.2 Å². The summed E-state index contributed by atoms with van der Waals surface area (Å²) in [5.74, 6) is 0.698. The second-order valence-corrected chi connectivity index (χ2v) is 5.40. The third-order valence-electron chi connectivity index (χ3n) is 3.62. The Hall–Kier alpha value is -1.67. The highest BCUT2D eigenvalue weighted by Gasteiger charge is 2.20. The van der Waals surface area contributed by atoms with Gasteiger partial charge < -0.3 is 10.2 Å². The van der Waals surface area contributed by atoms with Crippen molar-refractivity contribution in [2.75, 3.05) is 24.5 Å². The van der Waals surface area contributed by atoms with Crippen molar-refractivity contribution in [3.63, 3.8) is 0 Å². The molecule has 108 valence electrons. The van der Waals surface area contributed by atoms with E-state index in [0.717, 1.165) is 38.2 Å². The van der Waals surface area contributed by atoms with Gasteiger partial charge in [-0.1, -0.05) is 13.3 Å². The molecule has 1 aliphatic rings. The van der Waals surface area contributed by atoms with Gasteiger partial charge in [-0.05, 0) is 38.8 Å². The van der Waals surface area contributed by atoms with E-state index in [9.17, 15) is 0 Å². The van der Waals surface area contributed by atoms with Crippen LogP contribution in [0.4, 0.5) is 5.95 Å². The number of aryl methyl sites for hydroxylation is 1. The third-order valence-corrected chi connectivity index (χ3v) is 3.62. The highest BCUT2D eigenvalue weighted by molar-refractivity contribution is 5.36. The van der Waals surface area contributed by atoms with Crippen molar-refractivity contribution >= 4 is 5.95 Å². The quantitative estimate of drug-likeness (QED) is 0.859. The molecule has 20 heavy (non-hydrogen) atoms. The van der Waals surface area contributed by atoms with Crippen LogP contribution in [0.25, 0.3) is 0 Å². The lowest BCUT2D eigenvalue weighted by atomic mass is 10.2. The molecule has 0 saturated carbocycles. The number of hydrogen-bond donors (Lipinski definition) is 1. The molecule has 1 aromatic rings. The molecule has 1 aromatic heterocycles. The summed E-state index contributed by atoms with van der Waals surface area (Å²) in [4.78, 5) is 11.1. The number of nitrogens with one attached hydrogen (secondary N) is 1. The predicted molar refractivity (Wildman–Crippen MR) is 79.6 cm³/mol. The van der Waals surface area contributed by atoms with Crippen LogP contribution in [0.2, 0.25) is 0 Å². The van der Waals surface area contributed by atoms with Gasteiger partial charge in [0.2, 0.25) is 5.95 Å². The second kappa shape index (κ2) is 7.20. The fourth-order valence-electron chi connectivity index (χ4n) is 2.55.